The van der Waals surface area contributed by atoms with Gasteiger partial charge in [-0.05, 0) is 48.4 Å². The van der Waals surface area contributed by atoms with Gasteiger partial charge in [0.1, 0.15) is 11.6 Å². The molecule has 3 heteroatoms. The van der Waals surface area contributed by atoms with Gasteiger partial charge in [0.2, 0.25) is 0 Å². The maximum absolute atomic E-state index is 13.1. The Hall–Kier alpha value is -1.87. The maximum atomic E-state index is 13.1. The lowest BCUT2D eigenvalue weighted by Crippen LogP contribution is -2.21. The lowest BCUT2D eigenvalue weighted by atomic mass is 9.98. The zero-order valence-corrected chi connectivity index (χ0v) is 12.6. The molecule has 21 heavy (non-hydrogen) atoms. The summed E-state index contributed by atoms with van der Waals surface area (Å²) in [5, 5.41) is 3.43. The minimum atomic E-state index is -0.211. The van der Waals surface area contributed by atoms with E-state index < -0.39 is 0 Å². The first kappa shape index (κ1) is 15.5. The molecule has 2 nitrogen and oxygen atoms in total. The predicted octanol–water partition coefficient (Wildman–Crippen LogP) is 4.31. The van der Waals surface area contributed by atoms with Gasteiger partial charge in [-0.25, -0.2) is 4.39 Å². The Bertz CT molecular complexity index is 536. The van der Waals surface area contributed by atoms with Gasteiger partial charge in [0.15, 0.2) is 0 Å². The van der Waals surface area contributed by atoms with Crippen LogP contribution in [0.25, 0.3) is 0 Å². The summed E-state index contributed by atoms with van der Waals surface area (Å²) < 4.78 is 18.7. The van der Waals surface area contributed by atoms with Crippen molar-refractivity contribution >= 4 is 0 Å². The van der Waals surface area contributed by atoms with Crippen LogP contribution in [0.2, 0.25) is 0 Å². The molecule has 0 radical (unpaired) electrons. The molecule has 1 atom stereocenters. The fourth-order valence-corrected chi connectivity index (χ4v) is 2.26. The lowest BCUT2D eigenvalue weighted by Gasteiger charge is -2.19. The number of rotatable bonds is 7. The van der Waals surface area contributed by atoms with Crippen molar-refractivity contribution in [1.29, 1.82) is 0 Å². The van der Waals surface area contributed by atoms with E-state index in [1.807, 2.05) is 24.3 Å². The highest BCUT2D eigenvalue weighted by Crippen LogP contribution is 2.24. The van der Waals surface area contributed by atoms with Gasteiger partial charge in [-0.1, -0.05) is 38.1 Å². The van der Waals surface area contributed by atoms with E-state index in [0.717, 1.165) is 36.4 Å². The highest BCUT2D eigenvalue weighted by molar-refractivity contribution is 5.35. The molecule has 2 aromatic rings. The number of halogens is 1. The molecule has 0 saturated carbocycles. The monoisotopic (exact) mass is 287 g/mol. The molecule has 0 aliphatic rings. The first-order valence-corrected chi connectivity index (χ1v) is 7.46. The van der Waals surface area contributed by atoms with Crippen LogP contribution >= 0.6 is 0 Å². The number of benzene rings is 2. The molecule has 112 valence electrons. The first-order chi connectivity index (χ1) is 10.2. The molecule has 0 amide bonds. The second-order valence-corrected chi connectivity index (χ2v) is 4.96. The molecule has 0 bridgehead atoms. The number of hydrogen-bond donors (Lipinski definition) is 1. The summed E-state index contributed by atoms with van der Waals surface area (Å²) in [5.41, 5.74) is 2.20. The van der Waals surface area contributed by atoms with Gasteiger partial charge in [0.25, 0.3) is 0 Å². The second kappa shape index (κ2) is 7.79. The van der Waals surface area contributed by atoms with E-state index in [1.54, 1.807) is 0 Å². The van der Waals surface area contributed by atoms with E-state index >= 15 is 0 Å². The zero-order chi connectivity index (χ0) is 15.1. The average Bonchev–Trinajstić information content (AvgIpc) is 2.52. The highest BCUT2D eigenvalue weighted by Gasteiger charge is 2.13. The normalized spacial score (nSPS) is 12.1. The van der Waals surface area contributed by atoms with Gasteiger partial charge in [-0.3, -0.25) is 0 Å². The van der Waals surface area contributed by atoms with E-state index in [-0.39, 0.29) is 11.9 Å². The number of nitrogens with one attached hydrogen (secondary N) is 1. The predicted molar refractivity (Wildman–Crippen MR) is 84.1 cm³/mol. The van der Waals surface area contributed by atoms with Gasteiger partial charge < -0.3 is 10.1 Å². The molecule has 1 N–H and O–H groups in total. The van der Waals surface area contributed by atoms with Crippen LogP contribution < -0.4 is 10.1 Å². The van der Waals surface area contributed by atoms with Crippen LogP contribution in [0.1, 0.15) is 37.4 Å². The standard InChI is InChI=1S/C18H22FNO/c1-3-13-21-17-11-7-15(8-12-17)18(20-4-2)14-5-9-16(19)10-6-14/h5-12,18,20H,3-4,13H2,1-2H3. The first-order valence-electron chi connectivity index (χ1n) is 7.46. The number of hydrogen-bond acceptors (Lipinski definition) is 2. The lowest BCUT2D eigenvalue weighted by molar-refractivity contribution is 0.317. The smallest absolute Gasteiger partial charge is 0.123 e. The third-order valence-corrected chi connectivity index (χ3v) is 3.30. The van der Waals surface area contributed by atoms with Crippen LogP contribution in [0.5, 0.6) is 5.75 Å². The topological polar surface area (TPSA) is 21.3 Å². The minimum Gasteiger partial charge on any atom is -0.494 e. The molecular weight excluding hydrogens is 265 g/mol. The fourth-order valence-electron chi connectivity index (χ4n) is 2.26. The van der Waals surface area contributed by atoms with Crippen molar-refractivity contribution in [3.63, 3.8) is 0 Å². The van der Waals surface area contributed by atoms with E-state index in [1.165, 1.54) is 12.1 Å². The average molecular weight is 287 g/mol. The van der Waals surface area contributed by atoms with Crippen LogP contribution in [0.4, 0.5) is 4.39 Å². The molecule has 0 heterocycles. The van der Waals surface area contributed by atoms with Crippen LogP contribution in [0.15, 0.2) is 48.5 Å². The molecule has 0 spiro atoms. The Morgan fingerprint density at radius 2 is 1.52 bits per heavy atom. The molecule has 0 aliphatic carbocycles. The van der Waals surface area contributed by atoms with Crippen molar-refractivity contribution in [2.75, 3.05) is 13.2 Å². The van der Waals surface area contributed by atoms with Crippen LogP contribution in [-0.2, 0) is 0 Å². The fraction of sp³-hybridized carbons (Fsp3) is 0.333. The summed E-state index contributed by atoms with van der Waals surface area (Å²) in [6, 6.07) is 14.8. The largest absolute Gasteiger partial charge is 0.494 e. The Balaban J connectivity index is 2.19. The van der Waals surface area contributed by atoms with Crippen LogP contribution in [-0.4, -0.2) is 13.2 Å². The molecule has 2 aromatic carbocycles. The summed E-state index contributed by atoms with van der Waals surface area (Å²) >= 11 is 0. The van der Waals surface area contributed by atoms with Crippen molar-refractivity contribution in [3.8, 4) is 5.75 Å². The van der Waals surface area contributed by atoms with Crippen molar-refractivity contribution < 1.29 is 9.13 Å². The molecule has 0 saturated heterocycles. The molecule has 0 fully saturated rings. The third kappa shape index (κ3) is 4.30. The van der Waals surface area contributed by atoms with E-state index in [2.05, 4.69) is 31.3 Å². The summed E-state index contributed by atoms with van der Waals surface area (Å²) in [4.78, 5) is 0. The Kier molecular flexibility index (Phi) is 5.76. The minimum absolute atomic E-state index is 0.0656. The van der Waals surface area contributed by atoms with E-state index in [0.29, 0.717) is 0 Å². The Morgan fingerprint density at radius 1 is 0.952 bits per heavy atom. The van der Waals surface area contributed by atoms with E-state index in [9.17, 15) is 4.39 Å². The third-order valence-electron chi connectivity index (χ3n) is 3.30. The van der Waals surface area contributed by atoms with Gasteiger partial charge >= 0.3 is 0 Å². The molecule has 1 unspecified atom stereocenters. The van der Waals surface area contributed by atoms with Crippen molar-refractivity contribution in [1.82, 2.24) is 5.32 Å². The summed E-state index contributed by atoms with van der Waals surface area (Å²) in [6.07, 6.45) is 0.997. The molecule has 0 aromatic heterocycles. The highest BCUT2D eigenvalue weighted by atomic mass is 19.1. The summed E-state index contributed by atoms with van der Waals surface area (Å²) in [5.74, 6) is 0.673. The molecule has 2 rings (SSSR count). The molecule has 0 aliphatic heterocycles. The Morgan fingerprint density at radius 3 is 2.05 bits per heavy atom. The second-order valence-electron chi connectivity index (χ2n) is 4.96. The van der Waals surface area contributed by atoms with Gasteiger partial charge in [-0.15, -0.1) is 0 Å². The van der Waals surface area contributed by atoms with Gasteiger partial charge in [0.05, 0.1) is 12.6 Å². The Labute approximate surface area is 126 Å². The summed E-state index contributed by atoms with van der Waals surface area (Å²) in [6.45, 7) is 5.73. The zero-order valence-electron chi connectivity index (χ0n) is 12.6. The van der Waals surface area contributed by atoms with E-state index in [4.69, 9.17) is 4.74 Å². The summed E-state index contributed by atoms with van der Waals surface area (Å²) in [7, 11) is 0. The van der Waals surface area contributed by atoms with Crippen molar-refractivity contribution in [2.24, 2.45) is 0 Å². The van der Waals surface area contributed by atoms with Gasteiger partial charge in [-0.2, -0.15) is 0 Å². The molecular formula is C18H22FNO. The maximum Gasteiger partial charge on any atom is 0.123 e. The van der Waals surface area contributed by atoms with Crippen LogP contribution in [0, 0.1) is 5.82 Å². The quantitative estimate of drug-likeness (QED) is 0.819. The van der Waals surface area contributed by atoms with Gasteiger partial charge in [0, 0.05) is 0 Å². The van der Waals surface area contributed by atoms with Crippen LogP contribution in [0.3, 0.4) is 0 Å². The van der Waals surface area contributed by atoms with Crippen molar-refractivity contribution in [3.05, 3.63) is 65.5 Å². The SMILES string of the molecule is CCCOc1ccc(C(NCC)c2ccc(F)cc2)cc1. The van der Waals surface area contributed by atoms with Crippen molar-refractivity contribution in [2.45, 2.75) is 26.3 Å². The number of ether oxygens (including phenoxy) is 1.